The normalized spacial score (nSPS) is 10.5. The van der Waals surface area contributed by atoms with Crippen LogP contribution in [0.2, 0.25) is 5.02 Å². The molecule has 0 atom stereocenters. The van der Waals surface area contributed by atoms with Crippen LogP contribution < -0.4 is 10.7 Å². The number of halogens is 2. The van der Waals surface area contributed by atoms with Crippen LogP contribution in [0, 0.1) is 0 Å². The van der Waals surface area contributed by atoms with Crippen LogP contribution >= 0.6 is 27.5 Å². The van der Waals surface area contributed by atoms with Gasteiger partial charge in [0.05, 0.1) is 10.7 Å². The second-order valence-corrected chi connectivity index (χ2v) is 5.67. The van der Waals surface area contributed by atoms with Gasteiger partial charge in [-0.05, 0) is 57.9 Å². The lowest BCUT2D eigenvalue weighted by Crippen LogP contribution is -2.32. The number of carbonyl (C=O) groups is 2. The average Bonchev–Trinajstić information content (AvgIpc) is 2.50. The van der Waals surface area contributed by atoms with E-state index in [9.17, 15) is 14.7 Å². The van der Waals surface area contributed by atoms with Crippen LogP contribution in [-0.4, -0.2) is 23.1 Å². The number of benzene rings is 2. The topological polar surface area (TPSA) is 90.8 Å². The number of carbonyl (C=O) groups excluding carboxylic acids is 2. The molecule has 0 bridgehead atoms. The van der Waals surface area contributed by atoms with Gasteiger partial charge in [0.15, 0.2) is 0 Å². The van der Waals surface area contributed by atoms with E-state index in [1.807, 2.05) is 0 Å². The summed E-state index contributed by atoms with van der Waals surface area (Å²) in [6, 6.07) is 11.1. The molecule has 2 rings (SSSR count). The summed E-state index contributed by atoms with van der Waals surface area (Å²) in [7, 11) is 0. The molecule has 0 saturated carbocycles. The quantitative estimate of drug-likeness (QED) is 0.423. The molecule has 6 nitrogen and oxygen atoms in total. The van der Waals surface area contributed by atoms with E-state index in [-0.39, 0.29) is 5.75 Å². The average molecular weight is 397 g/mol. The maximum Gasteiger partial charge on any atom is 0.329 e. The van der Waals surface area contributed by atoms with Crippen molar-refractivity contribution in [2.24, 2.45) is 5.10 Å². The van der Waals surface area contributed by atoms with Crippen molar-refractivity contribution in [1.82, 2.24) is 5.43 Å². The van der Waals surface area contributed by atoms with Crippen LogP contribution in [0.15, 0.2) is 52.0 Å². The lowest BCUT2D eigenvalue weighted by Gasteiger charge is -2.04. The zero-order valence-electron chi connectivity index (χ0n) is 11.6. The molecule has 0 fully saturated rings. The molecule has 0 aliphatic rings. The van der Waals surface area contributed by atoms with Gasteiger partial charge in [0.2, 0.25) is 0 Å². The highest BCUT2D eigenvalue weighted by Crippen LogP contribution is 2.23. The van der Waals surface area contributed by atoms with Gasteiger partial charge >= 0.3 is 11.8 Å². The fourth-order valence-corrected chi connectivity index (χ4v) is 2.16. The molecular weight excluding hydrogens is 386 g/mol. The number of anilines is 1. The Kier molecular flexibility index (Phi) is 5.72. The number of hydrogen-bond donors (Lipinski definition) is 3. The number of rotatable bonds is 3. The van der Waals surface area contributed by atoms with E-state index in [2.05, 4.69) is 31.8 Å². The Morgan fingerprint density at radius 1 is 1.17 bits per heavy atom. The molecular formula is C15H11BrClN3O3. The van der Waals surface area contributed by atoms with Crippen molar-refractivity contribution in [2.75, 3.05) is 5.32 Å². The summed E-state index contributed by atoms with van der Waals surface area (Å²) in [4.78, 5) is 23.3. The molecule has 0 spiro atoms. The number of phenolic OH excluding ortho intramolecular Hbond substituents is 1. The standard InChI is InChI=1S/C15H11BrClN3O3/c16-12-6-9(4-5-13(12)21)8-18-20-15(23)14(22)19-11-3-1-2-10(17)7-11/h1-8,21H,(H,19,22)(H,20,23)/b18-8+. The van der Waals surface area contributed by atoms with Gasteiger partial charge in [0, 0.05) is 10.7 Å². The minimum absolute atomic E-state index is 0.0899. The molecule has 23 heavy (non-hydrogen) atoms. The van der Waals surface area contributed by atoms with E-state index >= 15 is 0 Å². The number of aromatic hydroxyl groups is 1. The largest absolute Gasteiger partial charge is 0.507 e. The number of phenols is 1. The molecule has 3 N–H and O–H groups in total. The van der Waals surface area contributed by atoms with Crippen LogP contribution in [0.25, 0.3) is 0 Å². The van der Waals surface area contributed by atoms with Gasteiger partial charge in [0.25, 0.3) is 0 Å². The molecule has 0 aromatic heterocycles. The van der Waals surface area contributed by atoms with Gasteiger partial charge in [-0.15, -0.1) is 0 Å². The summed E-state index contributed by atoms with van der Waals surface area (Å²) in [6.07, 6.45) is 1.34. The zero-order valence-corrected chi connectivity index (χ0v) is 13.9. The molecule has 2 aromatic carbocycles. The van der Waals surface area contributed by atoms with Crippen molar-refractivity contribution in [3.8, 4) is 5.75 Å². The minimum atomic E-state index is -0.918. The maximum atomic E-state index is 11.7. The van der Waals surface area contributed by atoms with Gasteiger partial charge < -0.3 is 10.4 Å². The molecule has 0 unspecified atom stereocenters. The third-order valence-corrected chi connectivity index (χ3v) is 3.51. The van der Waals surface area contributed by atoms with E-state index in [1.165, 1.54) is 18.3 Å². The third-order valence-electron chi connectivity index (χ3n) is 2.64. The SMILES string of the molecule is O=C(N/N=C/c1ccc(O)c(Br)c1)C(=O)Nc1cccc(Cl)c1. The highest BCUT2D eigenvalue weighted by Gasteiger charge is 2.12. The first kappa shape index (κ1) is 17.0. The smallest absolute Gasteiger partial charge is 0.329 e. The Bertz CT molecular complexity index is 780. The number of amides is 2. The van der Waals surface area contributed by atoms with Crippen molar-refractivity contribution in [1.29, 1.82) is 0 Å². The second-order valence-electron chi connectivity index (χ2n) is 4.37. The van der Waals surface area contributed by atoms with E-state index in [1.54, 1.807) is 30.3 Å². The number of hydrogen-bond acceptors (Lipinski definition) is 4. The van der Waals surface area contributed by atoms with Crippen molar-refractivity contribution in [3.63, 3.8) is 0 Å². The zero-order chi connectivity index (χ0) is 16.8. The Balaban J connectivity index is 1.92. The Hall–Kier alpha value is -2.38. The summed E-state index contributed by atoms with van der Waals surface area (Å²) < 4.78 is 0.492. The lowest BCUT2D eigenvalue weighted by molar-refractivity contribution is -0.136. The fourth-order valence-electron chi connectivity index (χ4n) is 1.57. The van der Waals surface area contributed by atoms with Gasteiger partial charge in [-0.25, -0.2) is 5.43 Å². The molecule has 0 aliphatic heterocycles. The molecule has 0 aliphatic carbocycles. The predicted molar refractivity (Wildman–Crippen MR) is 91.6 cm³/mol. The van der Waals surface area contributed by atoms with E-state index in [0.717, 1.165) is 0 Å². The number of nitrogens with zero attached hydrogens (tertiary/aromatic N) is 1. The molecule has 0 radical (unpaired) electrons. The highest BCUT2D eigenvalue weighted by atomic mass is 79.9. The summed E-state index contributed by atoms with van der Waals surface area (Å²) in [5, 5.41) is 15.9. The third kappa shape index (κ3) is 5.08. The van der Waals surface area contributed by atoms with Gasteiger partial charge in [0.1, 0.15) is 5.75 Å². The Morgan fingerprint density at radius 2 is 1.96 bits per heavy atom. The maximum absolute atomic E-state index is 11.7. The van der Waals surface area contributed by atoms with Crippen LogP contribution in [-0.2, 0) is 9.59 Å². The summed E-state index contributed by atoms with van der Waals surface area (Å²) in [5.74, 6) is -1.69. The predicted octanol–water partition coefficient (Wildman–Crippen LogP) is 2.90. The molecule has 2 aromatic rings. The Morgan fingerprint density at radius 3 is 2.65 bits per heavy atom. The molecule has 8 heteroatoms. The highest BCUT2D eigenvalue weighted by molar-refractivity contribution is 9.10. The van der Waals surface area contributed by atoms with E-state index in [0.29, 0.717) is 20.7 Å². The van der Waals surface area contributed by atoms with Crippen LogP contribution in [0.5, 0.6) is 5.75 Å². The van der Waals surface area contributed by atoms with Crippen molar-refractivity contribution in [2.45, 2.75) is 0 Å². The Labute approximate surface area is 145 Å². The van der Waals surface area contributed by atoms with Crippen molar-refractivity contribution in [3.05, 3.63) is 57.5 Å². The van der Waals surface area contributed by atoms with Crippen LogP contribution in [0.1, 0.15) is 5.56 Å². The first-order chi connectivity index (χ1) is 11.0. The molecule has 118 valence electrons. The van der Waals surface area contributed by atoms with E-state index < -0.39 is 11.8 Å². The second kappa shape index (κ2) is 7.75. The monoisotopic (exact) mass is 395 g/mol. The van der Waals surface area contributed by atoms with Gasteiger partial charge in [-0.2, -0.15) is 5.10 Å². The van der Waals surface area contributed by atoms with Crippen LogP contribution in [0.3, 0.4) is 0 Å². The van der Waals surface area contributed by atoms with Crippen molar-refractivity contribution >= 4 is 51.2 Å². The van der Waals surface area contributed by atoms with Crippen LogP contribution in [0.4, 0.5) is 5.69 Å². The summed E-state index contributed by atoms with van der Waals surface area (Å²) >= 11 is 8.95. The fraction of sp³-hybridized carbons (Fsp3) is 0. The molecule has 2 amide bonds. The molecule has 0 saturated heterocycles. The number of nitrogens with one attached hydrogen (secondary N) is 2. The number of hydrazone groups is 1. The van der Waals surface area contributed by atoms with Crippen molar-refractivity contribution < 1.29 is 14.7 Å². The summed E-state index contributed by atoms with van der Waals surface area (Å²) in [5.41, 5.74) is 3.14. The van der Waals surface area contributed by atoms with E-state index in [4.69, 9.17) is 11.6 Å². The summed E-state index contributed by atoms with van der Waals surface area (Å²) in [6.45, 7) is 0. The van der Waals surface area contributed by atoms with Gasteiger partial charge in [-0.1, -0.05) is 17.7 Å². The first-order valence-electron chi connectivity index (χ1n) is 6.34. The lowest BCUT2D eigenvalue weighted by atomic mass is 10.2. The molecule has 0 heterocycles. The minimum Gasteiger partial charge on any atom is -0.507 e. The van der Waals surface area contributed by atoms with Gasteiger partial charge in [-0.3, -0.25) is 9.59 Å². The first-order valence-corrected chi connectivity index (χ1v) is 7.51.